The summed E-state index contributed by atoms with van der Waals surface area (Å²) >= 11 is 0. The maximum absolute atomic E-state index is 11.1. The van der Waals surface area contributed by atoms with Crippen LogP contribution in [0.4, 0.5) is 5.69 Å². The summed E-state index contributed by atoms with van der Waals surface area (Å²) in [6.45, 7) is -0.0424. The zero-order chi connectivity index (χ0) is 13.8. The predicted molar refractivity (Wildman–Crippen MR) is 69.6 cm³/mol. The fourth-order valence-electron chi connectivity index (χ4n) is 1.51. The minimum atomic E-state index is -0.410. The van der Waals surface area contributed by atoms with E-state index < -0.39 is 5.97 Å². The molecule has 1 aromatic heterocycles. The van der Waals surface area contributed by atoms with Gasteiger partial charge in [0.2, 0.25) is 5.82 Å². The first-order valence-corrected chi connectivity index (χ1v) is 5.72. The maximum Gasteiger partial charge on any atom is 0.329 e. The van der Waals surface area contributed by atoms with Crippen LogP contribution in [0.1, 0.15) is 0 Å². The van der Waals surface area contributed by atoms with Gasteiger partial charge in [-0.3, -0.25) is 0 Å². The van der Waals surface area contributed by atoms with E-state index in [1.54, 1.807) is 0 Å². The number of carbonyl (C=O) groups is 1. The molecular weight excluding hydrogens is 246 g/mol. The lowest BCUT2D eigenvalue weighted by atomic mass is 10.2. The molecule has 7 nitrogen and oxygen atoms in total. The van der Waals surface area contributed by atoms with Crippen LogP contribution in [-0.2, 0) is 16.1 Å². The number of hydrogen-bond acceptors (Lipinski definition) is 6. The summed E-state index contributed by atoms with van der Waals surface area (Å²) in [5.74, 6) is 0.0705. The van der Waals surface area contributed by atoms with Crippen molar-refractivity contribution < 1.29 is 9.53 Å². The highest BCUT2D eigenvalue weighted by atomic mass is 16.5. The second-order valence-electron chi connectivity index (χ2n) is 4.16. The molecule has 1 aromatic carbocycles. The molecule has 0 amide bonds. The fraction of sp³-hybridized carbons (Fsp3) is 0.333. The molecule has 0 fully saturated rings. The Morgan fingerprint density at radius 1 is 1.32 bits per heavy atom. The molecule has 0 atom stereocenters. The minimum Gasteiger partial charge on any atom is -0.468 e. The van der Waals surface area contributed by atoms with Crippen molar-refractivity contribution in [1.82, 2.24) is 20.2 Å². The third-order valence-corrected chi connectivity index (χ3v) is 2.59. The van der Waals surface area contributed by atoms with E-state index in [0.717, 1.165) is 11.3 Å². The van der Waals surface area contributed by atoms with Gasteiger partial charge in [-0.2, -0.15) is 4.80 Å². The van der Waals surface area contributed by atoms with Gasteiger partial charge in [-0.25, -0.2) is 4.79 Å². The number of methoxy groups -OCH3 is 1. The van der Waals surface area contributed by atoms with Gasteiger partial charge in [-0.15, -0.1) is 10.2 Å². The third kappa shape index (κ3) is 3.06. The van der Waals surface area contributed by atoms with Gasteiger partial charge in [0.05, 0.1) is 7.11 Å². The topological polar surface area (TPSA) is 73.1 Å². The van der Waals surface area contributed by atoms with E-state index in [1.807, 2.05) is 43.3 Å². The van der Waals surface area contributed by atoms with Crippen molar-refractivity contribution in [3.05, 3.63) is 24.3 Å². The van der Waals surface area contributed by atoms with Crippen molar-refractivity contribution in [2.24, 2.45) is 0 Å². The number of hydrogen-bond donors (Lipinski definition) is 0. The zero-order valence-corrected chi connectivity index (χ0v) is 11.1. The highest BCUT2D eigenvalue weighted by Crippen LogP contribution is 2.18. The lowest BCUT2D eigenvalue weighted by Gasteiger charge is -2.11. The van der Waals surface area contributed by atoms with Crippen LogP contribution >= 0.6 is 0 Å². The molecule has 0 spiro atoms. The van der Waals surface area contributed by atoms with E-state index in [0.29, 0.717) is 5.82 Å². The molecule has 2 rings (SSSR count). The first kappa shape index (κ1) is 13.0. The molecule has 7 heteroatoms. The third-order valence-electron chi connectivity index (χ3n) is 2.59. The highest BCUT2D eigenvalue weighted by Gasteiger charge is 2.09. The van der Waals surface area contributed by atoms with E-state index in [2.05, 4.69) is 20.1 Å². The first-order chi connectivity index (χ1) is 9.10. The highest BCUT2D eigenvalue weighted by molar-refractivity contribution is 5.68. The Labute approximate surface area is 110 Å². The average Bonchev–Trinajstić information content (AvgIpc) is 2.87. The van der Waals surface area contributed by atoms with Crippen LogP contribution in [0, 0.1) is 0 Å². The van der Waals surface area contributed by atoms with Gasteiger partial charge in [0, 0.05) is 25.3 Å². The van der Waals surface area contributed by atoms with Gasteiger partial charge < -0.3 is 9.64 Å². The van der Waals surface area contributed by atoms with Crippen molar-refractivity contribution in [2.45, 2.75) is 6.54 Å². The summed E-state index contributed by atoms with van der Waals surface area (Å²) in [6.07, 6.45) is 0. The number of anilines is 1. The van der Waals surface area contributed by atoms with E-state index in [4.69, 9.17) is 0 Å². The van der Waals surface area contributed by atoms with E-state index in [1.165, 1.54) is 11.9 Å². The number of esters is 1. The second-order valence-corrected chi connectivity index (χ2v) is 4.16. The molecular formula is C12H15N5O2. The fourth-order valence-corrected chi connectivity index (χ4v) is 1.51. The molecule has 100 valence electrons. The summed E-state index contributed by atoms with van der Waals surface area (Å²) in [5, 5.41) is 11.8. The number of carbonyl (C=O) groups excluding carboxylic acids is 1. The van der Waals surface area contributed by atoms with E-state index >= 15 is 0 Å². The van der Waals surface area contributed by atoms with Crippen molar-refractivity contribution >= 4 is 11.7 Å². The number of rotatable bonds is 4. The molecule has 19 heavy (non-hydrogen) atoms. The van der Waals surface area contributed by atoms with E-state index in [-0.39, 0.29) is 6.54 Å². The molecule has 0 unspecified atom stereocenters. The maximum atomic E-state index is 11.1. The molecule has 0 bridgehead atoms. The molecule has 0 saturated heterocycles. The Bertz CT molecular complexity index is 562. The Kier molecular flexibility index (Phi) is 3.74. The molecule has 0 aliphatic heterocycles. The normalized spacial score (nSPS) is 10.3. The van der Waals surface area contributed by atoms with Crippen LogP contribution in [0.3, 0.4) is 0 Å². The smallest absolute Gasteiger partial charge is 0.329 e. The molecule has 1 heterocycles. The van der Waals surface area contributed by atoms with Crippen LogP contribution in [0.15, 0.2) is 24.3 Å². The van der Waals surface area contributed by atoms with Gasteiger partial charge in [0.15, 0.2) is 6.54 Å². The number of aromatic nitrogens is 4. The largest absolute Gasteiger partial charge is 0.468 e. The number of nitrogens with zero attached hydrogens (tertiary/aromatic N) is 5. The summed E-state index contributed by atoms with van der Waals surface area (Å²) in [7, 11) is 5.26. The number of benzene rings is 1. The van der Waals surface area contributed by atoms with Gasteiger partial charge >= 0.3 is 5.97 Å². The van der Waals surface area contributed by atoms with Crippen molar-refractivity contribution in [3.8, 4) is 11.4 Å². The molecule has 0 saturated carbocycles. The lowest BCUT2D eigenvalue weighted by molar-refractivity contribution is -0.141. The van der Waals surface area contributed by atoms with Crippen molar-refractivity contribution in [2.75, 3.05) is 26.1 Å². The van der Waals surface area contributed by atoms with Gasteiger partial charge in [-0.1, -0.05) is 0 Å². The van der Waals surface area contributed by atoms with Crippen LogP contribution in [0.5, 0.6) is 0 Å². The van der Waals surface area contributed by atoms with Gasteiger partial charge in [0.1, 0.15) is 0 Å². The van der Waals surface area contributed by atoms with Gasteiger partial charge in [-0.05, 0) is 29.5 Å². The summed E-state index contributed by atoms with van der Waals surface area (Å²) in [4.78, 5) is 14.3. The molecule has 0 aliphatic rings. The van der Waals surface area contributed by atoms with Crippen LogP contribution in [0.25, 0.3) is 11.4 Å². The molecule has 0 aliphatic carbocycles. The molecule has 2 aromatic rings. The Morgan fingerprint density at radius 3 is 2.58 bits per heavy atom. The Balaban J connectivity index is 2.16. The molecule has 0 radical (unpaired) electrons. The second kappa shape index (κ2) is 5.47. The summed E-state index contributed by atoms with van der Waals surface area (Å²) in [5.41, 5.74) is 1.94. The average molecular weight is 261 g/mol. The first-order valence-electron chi connectivity index (χ1n) is 5.72. The Morgan fingerprint density at radius 2 is 2.00 bits per heavy atom. The van der Waals surface area contributed by atoms with Gasteiger partial charge in [0.25, 0.3) is 0 Å². The summed E-state index contributed by atoms with van der Waals surface area (Å²) in [6, 6.07) is 7.76. The Hall–Kier alpha value is -2.44. The van der Waals surface area contributed by atoms with Crippen LogP contribution in [0.2, 0.25) is 0 Å². The minimum absolute atomic E-state index is 0.0424. The summed E-state index contributed by atoms with van der Waals surface area (Å²) < 4.78 is 4.54. The molecule has 0 N–H and O–H groups in total. The van der Waals surface area contributed by atoms with Crippen LogP contribution < -0.4 is 4.90 Å². The van der Waals surface area contributed by atoms with Crippen molar-refractivity contribution in [3.63, 3.8) is 0 Å². The zero-order valence-electron chi connectivity index (χ0n) is 11.1. The lowest BCUT2D eigenvalue weighted by Crippen LogP contribution is -2.14. The van der Waals surface area contributed by atoms with E-state index in [9.17, 15) is 4.79 Å². The standard InChI is InChI=1S/C12H15N5O2/c1-16(2)10-6-4-9(5-7-10)12-13-15-17(14-12)8-11(18)19-3/h4-7H,8H2,1-3H3. The number of ether oxygens (including phenoxy) is 1. The quantitative estimate of drug-likeness (QED) is 0.749. The monoisotopic (exact) mass is 261 g/mol. The SMILES string of the molecule is COC(=O)Cn1nnc(-c2ccc(N(C)C)cc2)n1. The van der Waals surface area contributed by atoms with Crippen molar-refractivity contribution in [1.29, 1.82) is 0 Å². The van der Waals surface area contributed by atoms with Crippen LogP contribution in [-0.4, -0.2) is 47.4 Å². The predicted octanol–water partition coefficient (Wildman–Crippen LogP) is 0.579. The number of tetrazole rings is 1.